The molecule has 0 aliphatic heterocycles. The molecule has 1 radical (unpaired) electrons. The van der Waals surface area contributed by atoms with E-state index >= 15 is 0 Å². The van der Waals surface area contributed by atoms with Gasteiger partial charge in [-0.3, -0.25) is 5.11 Å². The maximum Gasteiger partial charge on any atom is 0.219 e. The molecule has 0 unspecified atom stereocenters. The Bertz CT molecular complexity index is 874. The SMILES string of the molecule is [O]c1c(-c2nn[nH]n2)sc(-c2cccc(NCC3CCCCC3)c2)c1Cl. The van der Waals surface area contributed by atoms with Crippen LogP contribution in [-0.4, -0.2) is 27.2 Å². The number of hydrogen-bond acceptors (Lipinski definition) is 5. The van der Waals surface area contributed by atoms with Crippen molar-refractivity contribution in [3.63, 3.8) is 0 Å². The number of tetrazole rings is 1. The molecule has 8 heteroatoms. The van der Waals surface area contributed by atoms with E-state index in [1.807, 2.05) is 24.3 Å². The summed E-state index contributed by atoms with van der Waals surface area (Å²) in [5.74, 6) is 0.768. The van der Waals surface area contributed by atoms with E-state index < -0.39 is 0 Å². The first-order valence-electron chi connectivity index (χ1n) is 8.80. The molecule has 2 aromatic heterocycles. The zero-order chi connectivity index (χ0) is 17.9. The molecular formula is C18H19ClN5OS. The second-order valence-electron chi connectivity index (χ2n) is 6.60. The number of thiophene rings is 1. The molecule has 135 valence electrons. The third-order valence-corrected chi connectivity index (χ3v) is 6.49. The molecule has 1 aliphatic rings. The highest BCUT2D eigenvalue weighted by molar-refractivity contribution is 7.20. The van der Waals surface area contributed by atoms with Gasteiger partial charge >= 0.3 is 0 Å². The zero-order valence-electron chi connectivity index (χ0n) is 14.2. The Morgan fingerprint density at radius 1 is 1.23 bits per heavy atom. The van der Waals surface area contributed by atoms with Gasteiger partial charge in [0.1, 0.15) is 9.90 Å². The van der Waals surface area contributed by atoms with Crippen LogP contribution in [0.1, 0.15) is 32.1 Å². The van der Waals surface area contributed by atoms with Crippen LogP contribution in [0.15, 0.2) is 24.3 Å². The first kappa shape index (κ1) is 17.3. The van der Waals surface area contributed by atoms with E-state index in [9.17, 15) is 5.11 Å². The zero-order valence-corrected chi connectivity index (χ0v) is 15.7. The molecule has 1 aromatic carbocycles. The number of hydrogen-bond donors (Lipinski definition) is 2. The minimum absolute atomic E-state index is 0.208. The van der Waals surface area contributed by atoms with Gasteiger partial charge in [0.25, 0.3) is 0 Å². The van der Waals surface area contributed by atoms with Crippen LogP contribution in [0, 0.1) is 5.92 Å². The van der Waals surface area contributed by atoms with E-state index in [1.54, 1.807) is 0 Å². The van der Waals surface area contributed by atoms with Crippen molar-refractivity contribution >= 4 is 28.6 Å². The van der Waals surface area contributed by atoms with E-state index in [0.29, 0.717) is 4.88 Å². The fourth-order valence-electron chi connectivity index (χ4n) is 3.41. The van der Waals surface area contributed by atoms with E-state index in [1.165, 1.54) is 43.4 Å². The molecule has 1 aliphatic carbocycles. The molecule has 2 heterocycles. The summed E-state index contributed by atoms with van der Waals surface area (Å²) in [5.41, 5.74) is 1.96. The van der Waals surface area contributed by atoms with Gasteiger partial charge in [0, 0.05) is 12.2 Å². The van der Waals surface area contributed by atoms with Crippen LogP contribution < -0.4 is 5.32 Å². The van der Waals surface area contributed by atoms with Gasteiger partial charge in [-0.05, 0) is 41.7 Å². The van der Waals surface area contributed by atoms with Crippen LogP contribution in [0.2, 0.25) is 5.02 Å². The Kier molecular flexibility index (Phi) is 5.08. The van der Waals surface area contributed by atoms with Gasteiger partial charge in [-0.1, -0.05) is 43.0 Å². The average molecular weight is 389 g/mol. The van der Waals surface area contributed by atoms with Gasteiger partial charge in [0.15, 0.2) is 0 Å². The largest absolute Gasteiger partial charge is 0.385 e. The maximum absolute atomic E-state index is 12.4. The molecule has 0 spiro atoms. The number of aromatic nitrogens is 4. The van der Waals surface area contributed by atoms with Crippen molar-refractivity contribution in [3.05, 3.63) is 29.3 Å². The summed E-state index contributed by atoms with van der Waals surface area (Å²) in [6, 6.07) is 8.03. The normalized spacial score (nSPS) is 15.3. The second-order valence-corrected chi connectivity index (χ2v) is 8.00. The van der Waals surface area contributed by atoms with Crippen LogP contribution >= 0.6 is 22.9 Å². The topological polar surface area (TPSA) is 86.4 Å². The molecular weight excluding hydrogens is 370 g/mol. The number of H-pyrrole nitrogens is 1. The number of nitrogens with zero attached hydrogens (tertiary/aromatic N) is 3. The number of halogens is 1. The Hall–Kier alpha value is -2.12. The van der Waals surface area contributed by atoms with Gasteiger partial charge in [-0.15, -0.1) is 21.5 Å². The Labute approximate surface area is 160 Å². The Morgan fingerprint density at radius 2 is 2.08 bits per heavy atom. The molecule has 1 fully saturated rings. The van der Waals surface area contributed by atoms with E-state index in [-0.39, 0.29) is 16.6 Å². The summed E-state index contributed by atoms with van der Waals surface area (Å²) >= 11 is 7.60. The Balaban J connectivity index is 1.55. The van der Waals surface area contributed by atoms with Crippen molar-refractivity contribution in [2.45, 2.75) is 32.1 Å². The van der Waals surface area contributed by atoms with Crippen molar-refractivity contribution < 1.29 is 5.11 Å². The number of aromatic amines is 1. The fourth-order valence-corrected chi connectivity index (χ4v) is 4.79. The number of benzene rings is 1. The molecule has 26 heavy (non-hydrogen) atoms. The van der Waals surface area contributed by atoms with E-state index in [0.717, 1.165) is 28.6 Å². The number of rotatable bonds is 5. The number of anilines is 1. The van der Waals surface area contributed by atoms with E-state index in [4.69, 9.17) is 11.6 Å². The lowest BCUT2D eigenvalue weighted by Crippen LogP contribution is -2.17. The van der Waals surface area contributed by atoms with Crippen molar-refractivity contribution in [3.8, 4) is 26.9 Å². The van der Waals surface area contributed by atoms with Gasteiger partial charge in [-0.2, -0.15) is 5.21 Å². The average Bonchev–Trinajstić information content (AvgIpc) is 3.31. The van der Waals surface area contributed by atoms with Gasteiger partial charge in [0.2, 0.25) is 11.6 Å². The van der Waals surface area contributed by atoms with Crippen molar-refractivity contribution in [1.29, 1.82) is 0 Å². The third kappa shape index (κ3) is 3.54. The lowest BCUT2D eigenvalue weighted by atomic mass is 9.89. The van der Waals surface area contributed by atoms with Gasteiger partial charge < -0.3 is 5.32 Å². The maximum atomic E-state index is 12.4. The standard InChI is InChI=1S/C18H19ClN5OS/c19-14-15(25)17(18-21-23-24-22-18)26-16(14)12-7-4-8-13(9-12)20-10-11-5-2-1-3-6-11/h4,7-9,11,20H,1-3,5-6,10H2,(H,21,22,23,24). The van der Waals surface area contributed by atoms with Crippen molar-refractivity contribution in [1.82, 2.24) is 20.6 Å². The van der Waals surface area contributed by atoms with Crippen LogP contribution in [0.4, 0.5) is 5.69 Å². The predicted molar refractivity (Wildman–Crippen MR) is 103 cm³/mol. The van der Waals surface area contributed by atoms with Crippen LogP contribution in [-0.2, 0) is 5.11 Å². The predicted octanol–water partition coefficient (Wildman–Crippen LogP) is 5.38. The molecule has 2 N–H and O–H groups in total. The smallest absolute Gasteiger partial charge is 0.219 e. The highest BCUT2D eigenvalue weighted by atomic mass is 35.5. The molecule has 4 rings (SSSR count). The second kappa shape index (κ2) is 7.63. The summed E-state index contributed by atoms with van der Waals surface area (Å²) in [6.45, 7) is 0.989. The fraction of sp³-hybridized carbons (Fsp3) is 0.389. The van der Waals surface area contributed by atoms with Crippen LogP contribution in [0.25, 0.3) is 21.1 Å². The monoisotopic (exact) mass is 388 g/mol. The van der Waals surface area contributed by atoms with Crippen LogP contribution in [0.3, 0.4) is 0 Å². The highest BCUT2D eigenvalue weighted by Crippen LogP contribution is 2.49. The highest BCUT2D eigenvalue weighted by Gasteiger charge is 2.23. The molecule has 3 aromatic rings. The number of nitrogens with one attached hydrogen (secondary N) is 2. The minimum atomic E-state index is -0.256. The lowest BCUT2D eigenvalue weighted by Gasteiger charge is -2.22. The minimum Gasteiger partial charge on any atom is -0.385 e. The first-order valence-corrected chi connectivity index (χ1v) is 9.99. The lowest BCUT2D eigenvalue weighted by molar-refractivity contribution is 0.358. The summed E-state index contributed by atoms with van der Waals surface area (Å²) in [4.78, 5) is 1.14. The van der Waals surface area contributed by atoms with Crippen LogP contribution in [0.5, 0.6) is 5.75 Å². The first-order chi connectivity index (χ1) is 12.7. The molecule has 0 atom stereocenters. The molecule has 0 amide bonds. The molecule has 1 saturated carbocycles. The molecule has 0 bridgehead atoms. The van der Waals surface area contributed by atoms with E-state index in [2.05, 4.69) is 25.9 Å². The summed E-state index contributed by atoms with van der Waals surface area (Å²) in [5, 5.41) is 29.8. The molecule has 0 saturated heterocycles. The van der Waals surface area contributed by atoms with Gasteiger partial charge in [0.05, 0.1) is 4.88 Å². The summed E-state index contributed by atoms with van der Waals surface area (Å²) in [7, 11) is 0. The Morgan fingerprint density at radius 3 is 2.85 bits per heavy atom. The van der Waals surface area contributed by atoms with Gasteiger partial charge in [-0.25, -0.2) is 0 Å². The summed E-state index contributed by atoms with van der Waals surface area (Å²) < 4.78 is 0. The summed E-state index contributed by atoms with van der Waals surface area (Å²) in [6.07, 6.45) is 6.64. The quantitative estimate of drug-likeness (QED) is 0.613. The third-order valence-electron chi connectivity index (χ3n) is 4.80. The van der Waals surface area contributed by atoms with Crippen molar-refractivity contribution in [2.75, 3.05) is 11.9 Å². The van der Waals surface area contributed by atoms with Crippen molar-refractivity contribution in [2.24, 2.45) is 5.92 Å². The molecule has 6 nitrogen and oxygen atoms in total.